The first-order valence-corrected chi connectivity index (χ1v) is 11.3. The van der Waals surface area contributed by atoms with Gasteiger partial charge in [0.1, 0.15) is 5.82 Å². The monoisotopic (exact) mass is 449 g/mol. The Hall–Kier alpha value is -3.52. The normalized spacial score (nSPS) is 11.0. The molecule has 0 fully saturated rings. The number of imidazole rings is 1. The fourth-order valence-corrected chi connectivity index (χ4v) is 3.64. The Bertz CT molecular complexity index is 1030. The van der Waals surface area contributed by atoms with Crippen LogP contribution in [0, 0.1) is 10.1 Å². The number of nitrogens with one attached hydrogen (secondary N) is 1. The zero-order valence-electron chi connectivity index (χ0n) is 19.2. The van der Waals surface area contributed by atoms with Gasteiger partial charge in [0, 0.05) is 44.0 Å². The summed E-state index contributed by atoms with van der Waals surface area (Å²) in [4.78, 5) is 31.3. The number of nitro benzene ring substituents is 1. The number of carbonyl (C=O) groups excluding carboxylic acids is 1. The van der Waals surface area contributed by atoms with E-state index in [1.807, 2.05) is 47.4 Å². The SMILES string of the molecule is CCCCCN(C)N(Cc1ccccc1)C(=O)Cc1cnc(Cc2ccc([N+](=O)[O-])cc2)[nH]1. The summed E-state index contributed by atoms with van der Waals surface area (Å²) in [6.45, 7) is 3.51. The van der Waals surface area contributed by atoms with Crippen molar-refractivity contribution >= 4 is 11.6 Å². The summed E-state index contributed by atoms with van der Waals surface area (Å²) in [7, 11) is 1.96. The van der Waals surface area contributed by atoms with Crippen LogP contribution < -0.4 is 0 Å². The van der Waals surface area contributed by atoms with Gasteiger partial charge in [-0.3, -0.25) is 19.9 Å². The molecule has 0 aliphatic rings. The second-order valence-electron chi connectivity index (χ2n) is 8.16. The van der Waals surface area contributed by atoms with Crippen LogP contribution in [0.2, 0.25) is 0 Å². The number of unbranched alkanes of at least 4 members (excludes halogenated alkanes) is 2. The lowest BCUT2D eigenvalue weighted by Crippen LogP contribution is -2.45. The Kier molecular flexibility index (Phi) is 8.71. The van der Waals surface area contributed by atoms with E-state index >= 15 is 0 Å². The van der Waals surface area contributed by atoms with Crippen molar-refractivity contribution < 1.29 is 9.72 Å². The zero-order chi connectivity index (χ0) is 23.6. The molecule has 174 valence electrons. The Morgan fingerprint density at radius 3 is 2.45 bits per heavy atom. The third-order valence-electron chi connectivity index (χ3n) is 5.50. The number of nitrogens with zero attached hydrogens (tertiary/aromatic N) is 4. The molecule has 0 saturated heterocycles. The smallest absolute Gasteiger partial charge is 0.269 e. The molecule has 3 rings (SSSR count). The van der Waals surface area contributed by atoms with E-state index in [0.717, 1.165) is 48.5 Å². The summed E-state index contributed by atoms with van der Waals surface area (Å²) in [6.07, 6.45) is 5.72. The average molecular weight is 450 g/mol. The summed E-state index contributed by atoms with van der Waals surface area (Å²) < 4.78 is 0. The number of benzene rings is 2. The molecular weight excluding hydrogens is 418 g/mol. The minimum Gasteiger partial charge on any atom is -0.345 e. The molecule has 8 nitrogen and oxygen atoms in total. The van der Waals surface area contributed by atoms with Gasteiger partial charge in [0.15, 0.2) is 0 Å². The van der Waals surface area contributed by atoms with Crippen LogP contribution in [0.25, 0.3) is 0 Å². The second-order valence-corrected chi connectivity index (χ2v) is 8.16. The zero-order valence-corrected chi connectivity index (χ0v) is 19.2. The fourth-order valence-electron chi connectivity index (χ4n) is 3.64. The van der Waals surface area contributed by atoms with Crippen LogP contribution in [-0.4, -0.2) is 44.4 Å². The minimum absolute atomic E-state index is 0.00314. The van der Waals surface area contributed by atoms with E-state index in [4.69, 9.17) is 0 Å². The molecule has 1 amide bonds. The van der Waals surface area contributed by atoms with Gasteiger partial charge in [-0.25, -0.2) is 9.99 Å². The standard InChI is InChI=1S/C25H31N5O3/c1-3-4-8-15-28(2)29(19-21-9-6-5-7-10-21)25(31)17-22-18-26-24(27-22)16-20-11-13-23(14-12-20)30(32)33/h5-7,9-14,18H,3-4,8,15-17,19H2,1-2H3,(H,26,27). The van der Waals surface area contributed by atoms with E-state index in [0.29, 0.717) is 13.0 Å². The number of H-pyrrole nitrogens is 1. The highest BCUT2D eigenvalue weighted by Crippen LogP contribution is 2.15. The van der Waals surface area contributed by atoms with Crippen molar-refractivity contribution in [2.24, 2.45) is 0 Å². The molecule has 3 aromatic rings. The predicted molar refractivity (Wildman–Crippen MR) is 127 cm³/mol. The maximum absolute atomic E-state index is 13.2. The lowest BCUT2D eigenvalue weighted by Gasteiger charge is -2.32. The molecule has 0 spiro atoms. The number of rotatable bonds is 12. The van der Waals surface area contributed by atoms with Crippen molar-refractivity contribution in [1.29, 1.82) is 0 Å². The number of carbonyl (C=O) groups is 1. The number of aromatic nitrogens is 2. The van der Waals surface area contributed by atoms with Gasteiger partial charge in [-0.2, -0.15) is 0 Å². The molecule has 2 aromatic carbocycles. The highest BCUT2D eigenvalue weighted by atomic mass is 16.6. The molecule has 0 bridgehead atoms. The van der Waals surface area contributed by atoms with Crippen LogP contribution in [0.4, 0.5) is 5.69 Å². The van der Waals surface area contributed by atoms with Crippen molar-refractivity contribution in [3.8, 4) is 0 Å². The highest BCUT2D eigenvalue weighted by molar-refractivity contribution is 5.77. The van der Waals surface area contributed by atoms with Crippen LogP contribution in [0.15, 0.2) is 60.8 Å². The fraction of sp³-hybridized carbons (Fsp3) is 0.360. The van der Waals surface area contributed by atoms with E-state index < -0.39 is 4.92 Å². The Morgan fingerprint density at radius 2 is 1.79 bits per heavy atom. The second kappa shape index (κ2) is 11.9. The van der Waals surface area contributed by atoms with E-state index in [-0.39, 0.29) is 18.0 Å². The van der Waals surface area contributed by atoms with Crippen molar-refractivity contribution in [3.63, 3.8) is 0 Å². The first kappa shape index (κ1) is 24.1. The summed E-state index contributed by atoms with van der Waals surface area (Å²) in [5.74, 6) is 0.723. The van der Waals surface area contributed by atoms with Crippen LogP contribution in [0.1, 0.15) is 48.8 Å². The molecule has 0 atom stereocenters. The third-order valence-corrected chi connectivity index (χ3v) is 5.50. The third kappa shape index (κ3) is 7.25. The molecule has 0 unspecified atom stereocenters. The highest BCUT2D eigenvalue weighted by Gasteiger charge is 2.20. The molecule has 0 aliphatic heterocycles. The van der Waals surface area contributed by atoms with Gasteiger partial charge in [-0.1, -0.05) is 62.2 Å². The number of hydrogen-bond donors (Lipinski definition) is 1. The van der Waals surface area contributed by atoms with E-state index in [1.165, 1.54) is 12.1 Å². The van der Waals surface area contributed by atoms with Crippen LogP contribution in [-0.2, 0) is 24.2 Å². The topological polar surface area (TPSA) is 95.4 Å². The van der Waals surface area contributed by atoms with E-state index in [9.17, 15) is 14.9 Å². The van der Waals surface area contributed by atoms with Gasteiger partial charge < -0.3 is 4.98 Å². The summed E-state index contributed by atoms with van der Waals surface area (Å²) >= 11 is 0. The van der Waals surface area contributed by atoms with Gasteiger partial charge in [0.05, 0.1) is 17.9 Å². The summed E-state index contributed by atoms with van der Waals surface area (Å²) in [5.41, 5.74) is 2.80. The molecule has 1 heterocycles. The van der Waals surface area contributed by atoms with Gasteiger partial charge in [0.25, 0.3) is 5.69 Å². The number of hydrogen-bond acceptors (Lipinski definition) is 5. The van der Waals surface area contributed by atoms with E-state index in [1.54, 1.807) is 18.3 Å². The quantitative estimate of drug-likeness (QED) is 0.249. The van der Waals surface area contributed by atoms with Crippen molar-refractivity contribution in [1.82, 2.24) is 20.0 Å². The summed E-state index contributed by atoms with van der Waals surface area (Å²) in [6, 6.07) is 16.4. The number of amides is 1. The lowest BCUT2D eigenvalue weighted by atomic mass is 10.1. The van der Waals surface area contributed by atoms with Crippen molar-refractivity contribution in [2.45, 2.75) is 45.6 Å². The maximum atomic E-state index is 13.2. The molecule has 1 N–H and O–H groups in total. The Balaban J connectivity index is 1.65. The van der Waals surface area contributed by atoms with Crippen LogP contribution >= 0.6 is 0 Å². The van der Waals surface area contributed by atoms with Crippen molar-refractivity contribution in [3.05, 3.63) is 93.6 Å². The molecule has 1 aromatic heterocycles. The number of hydrazine groups is 1. The van der Waals surface area contributed by atoms with Crippen LogP contribution in [0.3, 0.4) is 0 Å². The molecule has 33 heavy (non-hydrogen) atoms. The Labute approximate surface area is 194 Å². The van der Waals surface area contributed by atoms with Gasteiger partial charge in [0.2, 0.25) is 5.91 Å². The Morgan fingerprint density at radius 1 is 1.06 bits per heavy atom. The molecule has 8 heteroatoms. The van der Waals surface area contributed by atoms with Gasteiger partial charge in [-0.05, 0) is 17.5 Å². The minimum atomic E-state index is -0.416. The number of aromatic amines is 1. The molecular formula is C25H31N5O3. The largest absolute Gasteiger partial charge is 0.345 e. The lowest BCUT2D eigenvalue weighted by molar-refractivity contribution is -0.384. The van der Waals surface area contributed by atoms with Crippen LogP contribution in [0.5, 0.6) is 0 Å². The number of nitro groups is 1. The first-order valence-electron chi connectivity index (χ1n) is 11.3. The first-order chi connectivity index (χ1) is 16.0. The molecule has 0 radical (unpaired) electrons. The van der Waals surface area contributed by atoms with Gasteiger partial charge >= 0.3 is 0 Å². The predicted octanol–water partition coefficient (Wildman–Crippen LogP) is 4.52. The van der Waals surface area contributed by atoms with Gasteiger partial charge in [-0.15, -0.1) is 0 Å². The molecule has 0 saturated carbocycles. The number of non-ortho nitro benzene ring substituents is 1. The maximum Gasteiger partial charge on any atom is 0.269 e. The molecule has 0 aliphatic carbocycles. The average Bonchev–Trinajstić information content (AvgIpc) is 3.25. The summed E-state index contributed by atoms with van der Waals surface area (Å²) in [5, 5.41) is 14.6. The van der Waals surface area contributed by atoms with E-state index in [2.05, 4.69) is 16.9 Å². The van der Waals surface area contributed by atoms with Crippen molar-refractivity contribution in [2.75, 3.05) is 13.6 Å².